The first-order valence-corrected chi connectivity index (χ1v) is 9.38. The number of guanidine groups is 1. The van der Waals surface area contributed by atoms with Crippen molar-refractivity contribution in [1.82, 2.24) is 10.6 Å². The molecule has 1 saturated heterocycles. The third-order valence-corrected chi connectivity index (χ3v) is 4.78. The Balaban J connectivity index is 1.96. The Bertz CT molecular complexity index is 522. The van der Waals surface area contributed by atoms with Crippen molar-refractivity contribution in [3.63, 3.8) is 0 Å². The second kappa shape index (κ2) is 10.4. The molecule has 1 aromatic carbocycles. The van der Waals surface area contributed by atoms with Crippen LogP contribution in [0.3, 0.4) is 0 Å². The third-order valence-electron chi connectivity index (χ3n) is 4.78. The minimum Gasteiger partial charge on any atom is -0.381 e. The number of hydrogen-bond donors (Lipinski definition) is 2. The van der Waals surface area contributed by atoms with E-state index in [1.165, 1.54) is 11.1 Å². The van der Waals surface area contributed by atoms with Crippen molar-refractivity contribution >= 4 is 5.96 Å². The van der Waals surface area contributed by atoms with Crippen molar-refractivity contribution in [3.05, 3.63) is 35.4 Å². The van der Waals surface area contributed by atoms with Gasteiger partial charge in [0.15, 0.2) is 5.96 Å². The fraction of sp³-hybridized carbons (Fsp3) is 0.650. The molecule has 2 N–H and O–H groups in total. The second-order valence-electron chi connectivity index (χ2n) is 6.78. The Morgan fingerprint density at radius 3 is 2.56 bits per heavy atom. The van der Waals surface area contributed by atoms with Crippen LogP contribution in [0.15, 0.2) is 29.3 Å². The number of rotatable bonds is 8. The van der Waals surface area contributed by atoms with Crippen LogP contribution in [0.4, 0.5) is 0 Å². The smallest absolute Gasteiger partial charge is 0.191 e. The van der Waals surface area contributed by atoms with Crippen LogP contribution in [0.1, 0.15) is 43.7 Å². The van der Waals surface area contributed by atoms with Crippen LogP contribution in [-0.2, 0) is 16.0 Å². The zero-order valence-corrected chi connectivity index (χ0v) is 15.9. The van der Waals surface area contributed by atoms with E-state index in [0.717, 1.165) is 57.9 Å². The van der Waals surface area contributed by atoms with Gasteiger partial charge in [0.05, 0.1) is 12.1 Å². The molecule has 0 spiro atoms. The molecule has 0 amide bonds. The van der Waals surface area contributed by atoms with Crippen molar-refractivity contribution in [2.75, 3.05) is 33.4 Å². The van der Waals surface area contributed by atoms with Crippen LogP contribution in [0.2, 0.25) is 0 Å². The van der Waals surface area contributed by atoms with E-state index in [-0.39, 0.29) is 5.60 Å². The molecule has 0 aliphatic carbocycles. The fourth-order valence-electron chi connectivity index (χ4n) is 2.86. The summed E-state index contributed by atoms with van der Waals surface area (Å²) >= 11 is 0. The average molecular weight is 348 g/mol. The maximum absolute atomic E-state index is 5.81. The molecule has 1 aliphatic rings. The van der Waals surface area contributed by atoms with E-state index in [1.54, 1.807) is 7.11 Å². The largest absolute Gasteiger partial charge is 0.381 e. The number of hydrogen-bond acceptors (Lipinski definition) is 3. The van der Waals surface area contributed by atoms with Crippen molar-refractivity contribution in [3.8, 4) is 0 Å². The SMILES string of the molecule is CCCCNC(=NCc1ccc(C)cc1)NCC1(OC)CCOCC1. The highest BCUT2D eigenvalue weighted by molar-refractivity contribution is 5.79. The zero-order chi connectivity index (χ0) is 18.0. The summed E-state index contributed by atoms with van der Waals surface area (Å²) in [6.45, 7) is 8.16. The molecule has 1 aromatic rings. The molecule has 0 saturated carbocycles. The Hall–Kier alpha value is -1.59. The van der Waals surface area contributed by atoms with Crippen molar-refractivity contribution < 1.29 is 9.47 Å². The van der Waals surface area contributed by atoms with Gasteiger partial charge in [-0.3, -0.25) is 0 Å². The fourth-order valence-corrected chi connectivity index (χ4v) is 2.86. The first-order valence-electron chi connectivity index (χ1n) is 9.38. The van der Waals surface area contributed by atoms with E-state index in [0.29, 0.717) is 6.54 Å². The molecule has 140 valence electrons. The van der Waals surface area contributed by atoms with Gasteiger partial charge in [-0.25, -0.2) is 4.99 Å². The van der Waals surface area contributed by atoms with E-state index in [2.05, 4.69) is 48.7 Å². The molecule has 25 heavy (non-hydrogen) atoms. The molecule has 0 bridgehead atoms. The summed E-state index contributed by atoms with van der Waals surface area (Å²) in [6.07, 6.45) is 4.12. The summed E-state index contributed by atoms with van der Waals surface area (Å²) in [5, 5.41) is 6.92. The van der Waals surface area contributed by atoms with Gasteiger partial charge in [-0.05, 0) is 18.9 Å². The highest BCUT2D eigenvalue weighted by atomic mass is 16.5. The summed E-state index contributed by atoms with van der Waals surface area (Å²) in [4.78, 5) is 4.75. The summed E-state index contributed by atoms with van der Waals surface area (Å²) < 4.78 is 11.3. The van der Waals surface area contributed by atoms with Gasteiger partial charge in [0.1, 0.15) is 0 Å². The number of aliphatic imine (C=N–C) groups is 1. The lowest BCUT2D eigenvalue weighted by Gasteiger charge is -2.36. The average Bonchev–Trinajstić information content (AvgIpc) is 2.65. The molecular weight excluding hydrogens is 314 g/mol. The normalized spacial score (nSPS) is 17.3. The number of nitrogens with zero attached hydrogens (tertiary/aromatic N) is 1. The van der Waals surface area contributed by atoms with Gasteiger partial charge >= 0.3 is 0 Å². The van der Waals surface area contributed by atoms with Crippen LogP contribution < -0.4 is 10.6 Å². The lowest BCUT2D eigenvalue weighted by Crippen LogP contribution is -2.50. The molecule has 2 rings (SSSR count). The van der Waals surface area contributed by atoms with Crippen LogP contribution in [0.5, 0.6) is 0 Å². The van der Waals surface area contributed by atoms with Gasteiger partial charge in [-0.15, -0.1) is 0 Å². The predicted octanol–water partition coefficient (Wildman–Crippen LogP) is 3.03. The van der Waals surface area contributed by atoms with Crippen molar-refractivity contribution in [2.45, 2.75) is 51.7 Å². The van der Waals surface area contributed by atoms with E-state index < -0.39 is 0 Å². The van der Waals surface area contributed by atoms with E-state index in [1.807, 2.05) is 0 Å². The highest BCUT2D eigenvalue weighted by Crippen LogP contribution is 2.23. The quantitative estimate of drug-likeness (QED) is 0.431. The van der Waals surface area contributed by atoms with E-state index in [4.69, 9.17) is 14.5 Å². The first-order chi connectivity index (χ1) is 12.2. The standard InChI is InChI=1S/C20H33N3O2/c1-4-5-12-21-19(22-15-18-8-6-17(2)7-9-18)23-16-20(24-3)10-13-25-14-11-20/h6-9H,4-5,10-16H2,1-3H3,(H2,21,22,23). The summed E-state index contributed by atoms with van der Waals surface area (Å²) in [7, 11) is 1.79. The number of nitrogens with one attached hydrogen (secondary N) is 2. The van der Waals surface area contributed by atoms with Gasteiger partial charge in [0.2, 0.25) is 0 Å². The Morgan fingerprint density at radius 1 is 1.20 bits per heavy atom. The molecule has 5 nitrogen and oxygen atoms in total. The van der Waals surface area contributed by atoms with Crippen LogP contribution in [-0.4, -0.2) is 45.0 Å². The number of aryl methyl sites for hydroxylation is 1. The molecule has 0 atom stereocenters. The lowest BCUT2D eigenvalue weighted by molar-refractivity contribution is -0.0855. The molecular formula is C20H33N3O2. The molecule has 5 heteroatoms. The summed E-state index contributed by atoms with van der Waals surface area (Å²) in [5.74, 6) is 0.858. The van der Waals surface area contributed by atoms with Gasteiger partial charge < -0.3 is 20.1 Å². The number of methoxy groups -OCH3 is 1. The molecule has 0 unspecified atom stereocenters. The number of unbranched alkanes of at least 4 members (excludes halogenated alkanes) is 1. The predicted molar refractivity (Wildman–Crippen MR) is 103 cm³/mol. The zero-order valence-electron chi connectivity index (χ0n) is 15.9. The number of ether oxygens (including phenoxy) is 2. The maximum atomic E-state index is 5.81. The lowest BCUT2D eigenvalue weighted by atomic mass is 9.94. The van der Waals surface area contributed by atoms with Crippen LogP contribution >= 0.6 is 0 Å². The Morgan fingerprint density at radius 2 is 1.92 bits per heavy atom. The molecule has 0 radical (unpaired) electrons. The topological polar surface area (TPSA) is 54.9 Å². The number of benzene rings is 1. The summed E-state index contributed by atoms with van der Waals surface area (Å²) in [6, 6.07) is 8.53. The van der Waals surface area contributed by atoms with Crippen LogP contribution in [0, 0.1) is 6.92 Å². The van der Waals surface area contributed by atoms with Crippen molar-refractivity contribution in [1.29, 1.82) is 0 Å². The minimum absolute atomic E-state index is 0.157. The second-order valence-corrected chi connectivity index (χ2v) is 6.78. The van der Waals surface area contributed by atoms with Gasteiger partial charge in [-0.2, -0.15) is 0 Å². The first kappa shape index (κ1) is 19.7. The van der Waals surface area contributed by atoms with Crippen molar-refractivity contribution in [2.24, 2.45) is 4.99 Å². The summed E-state index contributed by atoms with van der Waals surface area (Å²) in [5.41, 5.74) is 2.33. The minimum atomic E-state index is -0.157. The van der Waals surface area contributed by atoms with Gasteiger partial charge in [-0.1, -0.05) is 43.2 Å². The monoisotopic (exact) mass is 347 g/mol. The highest BCUT2D eigenvalue weighted by Gasteiger charge is 2.32. The maximum Gasteiger partial charge on any atom is 0.191 e. The molecule has 1 aliphatic heterocycles. The van der Waals surface area contributed by atoms with E-state index in [9.17, 15) is 0 Å². The third kappa shape index (κ3) is 6.67. The van der Waals surface area contributed by atoms with E-state index >= 15 is 0 Å². The van der Waals surface area contributed by atoms with Crippen LogP contribution in [0.25, 0.3) is 0 Å². The van der Waals surface area contributed by atoms with Gasteiger partial charge in [0, 0.05) is 46.3 Å². The molecule has 1 heterocycles. The molecule has 0 aromatic heterocycles. The van der Waals surface area contributed by atoms with Gasteiger partial charge in [0.25, 0.3) is 0 Å². The Labute approximate surface area is 152 Å². The molecule has 1 fully saturated rings. The Kier molecular flexibility index (Phi) is 8.22.